The fourth-order valence-corrected chi connectivity index (χ4v) is 1.76. The van der Waals surface area contributed by atoms with Gasteiger partial charge in [-0.3, -0.25) is 0 Å². The molecule has 1 fully saturated rings. The molecule has 0 spiro atoms. The zero-order valence-corrected chi connectivity index (χ0v) is 8.57. The Hall–Kier alpha value is -1.53. The highest BCUT2D eigenvalue weighted by molar-refractivity contribution is 5.49. The summed E-state index contributed by atoms with van der Waals surface area (Å²) in [5.74, 6) is 0. The Labute approximate surface area is 89.7 Å². The maximum Gasteiger partial charge on any atom is 0.0992 e. The molecule has 0 aliphatic carbocycles. The van der Waals surface area contributed by atoms with Gasteiger partial charge in [0.25, 0.3) is 0 Å². The van der Waals surface area contributed by atoms with Gasteiger partial charge in [-0.25, -0.2) is 0 Å². The molecule has 1 heterocycles. The number of hydrogen-bond donors (Lipinski definition) is 1. The van der Waals surface area contributed by atoms with Gasteiger partial charge in [0.1, 0.15) is 0 Å². The summed E-state index contributed by atoms with van der Waals surface area (Å²) in [7, 11) is 0. The number of ether oxygens (including phenoxy) is 1. The predicted molar refractivity (Wildman–Crippen MR) is 58.6 cm³/mol. The molecule has 1 aliphatic rings. The van der Waals surface area contributed by atoms with Crippen molar-refractivity contribution in [1.29, 1.82) is 5.26 Å². The fraction of sp³-hybridized carbons (Fsp3) is 0.417. The van der Waals surface area contributed by atoms with Crippen molar-refractivity contribution in [3.8, 4) is 6.07 Å². The first-order valence-electron chi connectivity index (χ1n) is 5.23. The first kappa shape index (κ1) is 10.0. The van der Waals surface area contributed by atoms with Crippen molar-refractivity contribution in [2.45, 2.75) is 18.9 Å². The molecule has 2 rings (SSSR count). The van der Waals surface area contributed by atoms with E-state index in [9.17, 15) is 0 Å². The minimum atomic E-state index is 0.479. The zero-order chi connectivity index (χ0) is 10.5. The summed E-state index contributed by atoms with van der Waals surface area (Å²) < 4.78 is 5.29. The number of hydrogen-bond acceptors (Lipinski definition) is 3. The Kier molecular flexibility index (Phi) is 3.21. The summed E-state index contributed by atoms with van der Waals surface area (Å²) in [6.07, 6.45) is 2.08. The van der Waals surface area contributed by atoms with E-state index in [1.54, 1.807) is 0 Å². The molecular weight excluding hydrogens is 188 g/mol. The molecule has 0 amide bonds. The first-order chi connectivity index (χ1) is 7.38. The third-order valence-corrected chi connectivity index (χ3v) is 2.58. The van der Waals surface area contributed by atoms with E-state index in [2.05, 4.69) is 11.4 Å². The molecule has 0 radical (unpaired) electrons. The summed E-state index contributed by atoms with van der Waals surface area (Å²) in [6.45, 7) is 1.66. The summed E-state index contributed by atoms with van der Waals surface area (Å²) in [6, 6.07) is 10.2. The van der Waals surface area contributed by atoms with Crippen LogP contribution in [0.2, 0.25) is 0 Å². The minimum Gasteiger partial charge on any atom is -0.382 e. The predicted octanol–water partition coefficient (Wildman–Crippen LogP) is 2.15. The van der Waals surface area contributed by atoms with E-state index >= 15 is 0 Å². The molecule has 0 aromatic heterocycles. The largest absolute Gasteiger partial charge is 0.382 e. The van der Waals surface area contributed by atoms with Crippen LogP contribution in [-0.4, -0.2) is 19.3 Å². The van der Waals surface area contributed by atoms with Crippen LogP contribution in [0.4, 0.5) is 5.69 Å². The normalized spacial score (nSPS) is 17.0. The summed E-state index contributed by atoms with van der Waals surface area (Å²) in [5, 5.41) is 12.2. The summed E-state index contributed by atoms with van der Waals surface area (Å²) in [5.41, 5.74) is 1.73. The van der Waals surface area contributed by atoms with Crippen molar-refractivity contribution in [3.05, 3.63) is 29.8 Å². The smallest absolute Gasteiger partial charge is 0.0992 e. The fourth-order valence-electron chi connectivity index (χ4n) is 1.76. The van der Waals surface area contributed by atoms with Crippen LogP contribution in [0.3, 0.4) is 0 Å². The lowest BCUT2D eigenvalue weighted by Crippen LogP contribution is -2.27. The third-order valence-electron chi connectivity index (χ3n) is 2.58. The minimum absolute atomic E-state index is 0.479. The van der Waals surface area contributed by atoms with Gasteiger partial charge in [-0.05, 0) is 31.0 Å². The van der Waals surface area contributed by atoms with E-state index in [1.807, 2.05) is 24.3 Å². The number of nitriles is 1. The Morgan fingerprint density at radius 1 is 1.33 bits per heavy atom. The first-order valence-corrected chi connectivity index (χ1v) is 5.23. The lowest BCUT2D eigenvalue weighted by atomic mass is 10.1. The second-order valence-electron chi connectivity index (χ2n) is 3.72. The maximum atomic E-state index is 8.77. The van der Waals surface area contributed by atoms with Crippen LogP contribution in [0.1, 0.15) is 18.4 Å². The van der Waals surface area contributed by atoms with E-state index in [1.165, 1.54) is 0 Å². The SMILES string of the molecule is N#Cc1cccc(NC2CCOCC2)c1. The van der Waals surface area contributed by atoms with Gasteiger partial charge in [0.2, 0.25) is 0 Å². The Balaban J connectivity index is 2.00. The van der Waals surface area contributed by atoms with E-state index in [-0.39, 0.29) is 0 Å². The quantitative estimate of drug-likeness (QED) is 0.799. The number of nitrogens with zero attached hydrogens (tertiary/aromatic N) is 1. The average molecular weight is 202 g/mol. The van der Waals surface area contributed by atoms with Crippen LogP contribution in [-0.2, 0) is 4.74 Å². The van der Waals surface area contributed by atoms with Gasteiger partial charge in [0, 0.05) is 24.9 Å². The van der Waals surface area contributed by atoms with Crippen LogP contribution in [0.25, 0.3) is 0 Å². The van der Waals surface area contributed by atoms with Gasteiger partial charge in [-0.15, -0.1) is 0 Å². The lowest BCUT2D eigenvalue weighted by Gasteiger charge is -2.24. The number of benzene rings is 1. The molecule has 0 atom stereocenters. The second-order valence-corrected chi connectivity index (χ2v) is 3.72. The lowest BCUT2D eigenvalue weighted by molar-refractivity contribution is 0.0904. The molecule has 0 unspecified atom stereocenters. The average Bonchev–Trinajstić information content (AvgIpc) is 2.31. The molecule has 15 heavy (non-hydrogen) atoms. The van der Waals surface area contributed by atoms with Crippen molar-refractivity contribution < 1.29 is 4.74 Å². The van der Waals surface area contributed by atoms with Gasteiger partial charge >= 0.3 is 0 Å². The summed E-state index contributed by atoms with van der Waals surface area (Å²) >= 11 is 0. The van der Waals surface area contributed by atoms with E-state index in [0.717, 1.165) is 31.7 Å². The van der Waals surface area contributed by atoms with Crippen molar-refractivity contribution in [2.75, 3.05) is 18.5 Å². The van der Waals surface area contributed by atoms with Crippen LogP contribution in [0.5, 0.6) is 0 Å². The molecular formula is C12H14N2O. The van der Waals surface area contributed by atoms with Crippen LogP contribution in [0.15, 0.2) is 24.3 Å². The Morgan fingerprint density at radius 2 is 2.13 bits per heavy atom. The number of nitrogens with one attached hydrogen (secondary N) is 1. The number of anilines is 1. The Morgan fingerprint density at radius 3 is 2.87 bits per heavy atom. The van der Waals surface area contributed by atoms with Gasteiger partial charge in [-0.2, -0.15) is 5.26 Å². The maximum absolute atomic E-state index is 8.77. The third kappa shape index (κ3) is 2.71. The van der Waals surface area contributed by atoms with Crippen LogP contribution in [0, 0.1) is 11.3 Å². The molecule has 1 N–H and O–H groups in total. The Bertz CT molecular complexity index is 364. The van der Waals surface area contributed by atoms with Crippen LogP contribution >= 0.6 is 0 Å². The molecule has 0 bridgehead atoms. The topological polar surface area (TPSA) is 45.0 Å². The molecule has 1 saturated heterocycles. The van der Waals surface area contributed by atoms with Crippen molar-refractivity contribution in [3.63, 3.8) is 0 Å². The van der Waals surface area contributed by atoms with Gasteiger partial charge in [0.05, 0.1) is 11.6 Å². The van der Waals surface area contributed by atoms with E-state index < -0.39 is 0 Å². The standard InChI is InChI=1S/C12H14N2O/c13-9-10-2-1-3-12(8-10)14-11-4-6-15-7-5-11/h1-3,8,11,14H,4-7H2. The summed E-state index contributed by atoms with van der Waals surface area (Å²) in [4.78, 5) is 0. The van der Waals surface area contributed by atoms with Gasteiger partial charge in [-0.1, -0.05) is 6.07 Å². The van der Waals surface area contributed by atoms with Crippen molar-refractivity contribution >= 4 is 5.69 Å². The monoisotopic (exact) mass is 202 g/mol. The molecule has 0 saturated carbocycles. The molecule has 78 valence electrons. The molecule has 3 heteroatoms. The van der Waals surface area contributed by atoms with Gasteiger partial charge in [0.15, 0.2) is 0 Å². The zero-order valence-electron chi connectivity index (χ0n) is 8.57. The highest BCUT2D eigenvalue weighted by Crippen LogP contribution is 2.15. The van der Waals surface area contributed by atoms with Crippen molar-refractivity contribution in [2.24, 2.45) is 0 Å². The highest BCUT2D eigenvalue weighted by atomic mass is 16.5. The molecule has 1 aromatic rings. The second kappa shape index (κ2) is 4.81. The van der Waals surface area contributed by atoms with Crippen molar-refractivity contribution in [1.82, 2.24) is 0 Å². The van der Waals surface area contributed by atoms with E-state index in [0.29, 0.717) is 11.6 Å². The van der Waals surface area contributed by atoms with E-state index in [4.69, 9.17) is 10.00 Å². The highest BCUT2D eigenvalue weighted by Gasteiger charge is 2.12. The molecule has 1 aliphatic heterocycles. The van der Waals surface area contributed by atoms with Crippen LogP contribution < -0.4 is 5.32 Å². The molecule has 1 aromatic carbocycles. The molecule has 3 nitrogen and oxygen atoms in total. The van der Waals surface area contributed by atoms with Gasteiger partial charge < -0.3 is 10.1 Å². The number of rotatable bonds is 2.